The number of aromatic nitrogens is 6. The lowest BCUT2D eigenvalue weighted by molar-refractivity contribution is -0.191. The molecule has 31 heavy (non-hydrogen) atoms. The summed E-state index contributed by atoms with van der Waals surface area (Å²) in [6.45, 7) is 1.67. The molecule has 0 unspecified atom stereocenters. The van der Waals surface area contributed by atoms with Gasteiger partial charge in [-0.3, -0.25) is 4.98 Å². The summed E-state index contributed by atoms with van der Waals surface area (Å²) >= 11 is 0. The molecule has 4 aromatic rings. The van der Waals surface area contributed by atoms with Crippen LogP contribution in [0.15, 0.2) is 61.2 Å². The predicted octanol–water partition coefficient (Wildman–Crippen LogP) is 3.51. The van der Waals surface area contributed by atoms with Crippen LogP contribution in [0.3, 0.4) is 0 Å². The largest absolute Gasteiger partial charge is 0.433 e. The zero-order chi connectivity index (χ0) is 22.4. The van der Waals surface area contributed by atoms with Crippen molar-refractivity contribution in [3.05, 3.63) is 72.4 Å². The standard InChI is InChI=1S/C19H15F3N6.CO2/c1-2-13-11-24-28(18(13)19(20,21)22)16-5-3-15(4-6-16)27-12-17(25-26-27)14-7-9-23-10-8-14;2-1-3/h3-12H,2H2,1H3;. The summed E-state index contributed by atoms with van der Waals surface area (Å²) in [6, 6.07) is 10.1. The van der Waals surface area contributed by atoms with Crippen LogP contribution in [-0.2, 0) is 22.2 Å². The lowest BCUT2D eigenvalue weighted by Gasteiger charge is -2.12. The second kappa shape index (κ2) is 9.14. The Balaban J connectivity index is 0.000000858. The molecule has 1 aromatic carbocycles. The first-order valence-electron chi connectivity index (χ1n) is 8.96. The van der Waals surface area contributed by atoms with Crippen molar-refractivity contribution < 1.29 is 22.8 Å². The molecule has 0 bridgehead atoms. The Kier molecular flexibility index (Phi) is 6.37. The Morgan fingerprint density at radius 1 is 1.00 bits per heavy atom. The van der Waals surface area contributed by atoms with Crippen molar-refractivity contribution in [1.82, 2.24) is 29.8 Å². The van der Waals surface area contributed by atoms with E-state index in [9.17, 15) is 13.2 Å². The van der Waals surface area contributed by atoms with Crippen LogP contribution in [0.2, 0.25) is 0 Å². The quantitative estimate of drug-likeness (QED) is 0.494. The van der Waals surface area contributed by atoms with Crippen molar-refractivity contribution in [2.75, 3.05) is 0 Å². The van der Waals surface area contributed by atoms with Crippen molar-refractivity contribution in [3.63, 3.8) is 0 Å². The van der Waals surface area contributed by atoms with Crippen LogP contribution >= 0.6 is 0 Å². The Morgan fingerprint density at radius 2 is 1.61 bits per heavy atom. The molecule has 0 spiro atoms. The van der Waals surface area contributed by atoms with Crippen molar-refractivity contribution in [3.8, 4) is 22.6 Å². The summed E-state index contributed by atoms with van der Waals surface area (Å²) in [5, 5.41) is 12.1. The van der Waals surface area contributed by atoms with Crippen LogP contribution in [0, 0.1) is 0 Å². The van der Waals surface area contributed by atoms with E-state index in [0.29, 0.717) is 17.1 Å². The number of hydrogen-bond acceptors (Lipinski definition) is 6. The van der Waals surface area contributed by atoms with E-state index in [1.165, 1.54) is 6.20 Å². The van der Waals surface area contributed by atoms with Gasteiger partial charge in [-0.1, -0.05) is 12.1 Å². The third kappa shape index (κ3) is 4.73. The minimum Gasteiger partial charge on any atom is -0.265 e. The van der Waals surface area contributed by atoms with Crippen LogP contribution in [0.5, 0.6) is 0 Å². The van der Waals surface area contributed by atoms with Crippen molar-refractivity contribution in [2.24, 2.45) is 0 Å². The van der Waals surface area contributed by atoms with E-state index in [-0.39, 0.29) is 18.1 Å². The van der Waals surface area contributed by atoms with Gasteiger partial charge in [0.25, 0.3) is 0 Å². The Labute approximate surface area is 174 Å². The molecule has 0 saturated heterocycles. The molecule has 0 amide bonds. The van der Waals surface area contributed by atoms with Gasteiger partial charge >= 0.3 is 12.3 Å². The molecule has 3 heterocycles. The number of halogens is 3. The average Bonchev–Trinajstić information content (AvgIpc) is 3.42. The van der Waals surface area contributed by atoms with E-state index in [0.717, 1.165) is 10.2 Å². The fourth-order valence-corrected chi connectivity index (χ4v) is 2.93. The van der Waals surface area contributed by atoms with E-state index >= 15 is 0 Å². The number of alkyl halides is 3. The first-order chi connectivity index (χ1) is 14.9. The maximum atomic E-state index is 13.4. The second-order valence-electron chi connectivity index (χ2n) is 6.17. The highest BCUT2D eigenvalue weighted by atomic mass is 19.4. The molecule has 0 radical (unpaired) electrons. The van der Waals surface area contributed by atoms with Gasteiger partial charge < -0.3 is 0 Å². The molecule has 0 fully saturated rings. The van der Waals surface area contributed by atoms with Crippen molar-refractivity contribution in [2.45, 2.75) is 19.5 Å². The lowest BCUT2D eigenvalue weighted by Crippen LogP contribution is -2.15. The Bertz CT molecular complexity index is 1180. The van der Waals surface area contributed by atoms with Crippen molar-refractivity contribution >= 4 is 6.15 Å². The van der Waals surface area contributed by atoms with Gasteiger partial charge in [-0.05, 0) is 42.8 Å². The van der Waals surface area contributed by atoms with E-state index < -0.39 is 11.9 Å². The molecule has 158 valence electrons. The van der Waals surface area contributed by atoms with E-state index in [2.05, 4.69) is 20.4 Å². The molecule has 0 N–H and O–H groups in total. The summed E-state index contributed by atoms with van der Waals surface area (Å²) in [5.74, 6) is 0. The maximum absolute atomic E-state index is 13.4. The molecule has 0 aliphatic heterocycles. The molecular formula is C20H15F3N6O2. The number of rotatable bonds is 4. The topological polar surface area (TPSA) is 95.6 Å². The third-order valence-electron chi connectivity index (χ3n) is 4.32. The molecule has 0 saturated carbocycles. The minimum absolute atomic E-state index is 0.162. The normalized spacial score (nSPS) is 10.8. The van der Waals surface area contributed by atoms with Crippen molar-refractivity contribution in [1.29, 1.82) is 0 Å². The van der Waals surface area contributed by atoms with Crippen LogP contribution in [0.25, 0.3) is 22.6 Å². The fraction of sp³-hybridized carbons (Fsp3) is 0.150. The minimum atomic E-state index is -4.48. The molecule has 0 aliphatic carbocycles. The number of hydrogen-bond donors (Lipinski definition) is 0. The first-order valence-corrected chi connectivity index (χ1v) is 8.96. The molecule has 0 aliphatic rings. The molecule has 4 rings (SSSR count). The van der Waals surface area contributed by atoms with Gasteiger partial charge in [-0.2, -0.15) is 27.9 Å². The zero-order valence-corrected chi connectivity index (χ0v) is 16.1. The number of pyridine rings is 1. The fourth-order valence-electron chi connectivity index (χ4n) is 2.93. The molecule has 3 aromatic heterocycles. The number of aryl methyl sites for hydroxylation is 1. The van der Waals surface area contributed by atoms with Gasteiger partial charge in [0.2, 0.25) is 0 Å². The van der Waals surface area contributed by atoms with Gasteiger partial charge in [0.1, 0.15) is 5.69 Å². The predicted molar refractivity (Wildman–Crippen MR) is 101 cm³/mol. The maximum Gasteiger partial charge on any atom is 0.433 e. The number of carbonyl (C=O) groups excluding carboxylic acids is 2. The molecular weight excluding hydrogens is 413 g/mol. The smallest absolute Gasteiger partial charge is 0.265 e. The first kappa shape index (κ1) is 21.6. The summed E-state index contributed by atoms with van der Waals surface area (Å²) in [6.07, 6.45) is 2.35. The average molecular weight is 428 g/mol. The Hall–Kier alpha value is -4.11. The molecule has 11 heteroatoms. The summed E-state index contributed by atoms with van der Waals surface area (Å²) < 4.78 is 42.8. The molecule has 8 nitrogen and oxygen atoms in total. The zero-order valence-electron chi connectivity index (χ0n) is 16.1. The SMILES string of the molecule is CCc1cnn(-c2ccc(-n3cc(-c4ccncc4)nn3)cc2)c1C(F)(F)F.O=C=O. The molecule has 0 atom stereocenters. The van der Waals surface area contributed by atoms with Gasteiger partial charge in [-0.15, -0.1) is 5.10 Å². The second-order valence-corrected chi connectivity index (χ2v) is 6.17. The monoisotopic (exact) mass is 428 g/mol. The van der Waals surface area contributed by atoms with E-state index in [1.54, 1.807) is 54.5 Å². The highest BCUT2D eigenvalue weighted by Gasteiger charge is 2.38. The van der Waals surface area contributed by atoms with Crippen LogP contribution in [-0.4, -0.2) is 35.9 Å². The van der Waals surface area contributed by atoms with E-state index in [4.69, 9.17) is 9.59 Å². The van der Waals surface area contributed by atoms with Crippen LogP contribution in [0.4, 0.5) is 13.2 Å². The summed E-state index contributed by atoms with van der Waals surface area (Å²) in [7, 11) is 0. The highest BCUT2D eigenvalue weighted by Crippen LogP contribution is 2.34. The Morgan fingerprint density at radius 3 is 2.19 bits per heavy atom. The third-order valence-corrected chi connectivity index (χ3v) is 4.32. The van der Waals surface area contributed by atoms with E-state index in [1.807, 2.05) is 12.1 Å². The number of benzene rings is 1. The number of nitrogens with zero attached hydrogens (tertiary/aromatic N) is 6. The highest BCUT2D eigenvalue weighted by molar-refractivity contribution is 5.57. The van der Waals surface area contributed by atoms with Gasteiger partial charge in [0.15, 0.2) is 5.69 Å². The van der Waals surface area contributed by atoms with Gasteiger partial charge in [0, 0.05) is 23.5 Å². The lowest BCUT2D eigenvalue weighted by atomic mass is 10.2. The van der Waals surface area contributed by atoms with Crippen LogP contribution in [0.1, 0.15) is 18.2 Å². The van der Waals surface area contributed by atoms with Crippen LogP contribution < -0.4 is 0 Å². The van der Waals surface area contributed by atoms with Gasteiger partial charge in [0.05, 0.1) is 23.8 Å². The summed E-state index contributed by atoms with van der Waals surface area (Å²) in [4.78, 5) is 20.2. The van der Waals surface area contributed by atoms with Gasteiger partial charge in [-0.25, -0.2) is 9.36 Å². The summed E-state index contributed by atoms with van der Waals surface area (Å²) in [5.41, 5.74) is 1.96.